The molecular weight excluding hydrogens is 520 g/mol. The summed E-state index contributed by atoms with van der Waals surface area (Å²) in [4.78, 5) is 49.9. The van der Waals surface area contributed by atoms with Gasteiger partial charge < -0.3 is 40.1 Å². The first-order valence-corrected chi connectivity index (χ1v) is 13.7. The van der Waals surface area contributed by atoms with Crippen molar-refractivity contribution in [2.24, 2.45) is 11.7 Å². The van der Waals surface area contributed by atoms with E-state index >= 15 is 0 Å². The SMILES string of the molecule is CC(C)C.CNC(=O)CCC(C=O)N1C(=O)c2cccc(NCCOCCOCCOCCOCCN)c2C1=O. The highest BCUT2D eigenvalue weighted by atomic mass is 16.6. The van der Waals surface area contributed by atoms with Crippen molar-refractivity contribution >= 4 is 29.7 Å². The van der Waals surface area contributed by atoms with Crippen LogP contribution in [0.5, 0.6) is 0 Å². The first-order chi connectivity index (χ1) is 19.3. The van der Waals surface area contributed by atoms with Gasteiger partial charge in [-0.05, 0) is 24.5 Å². The summed E-state index contributed by atoms with van der Waals surface area (Å²) in [7, 11) is 1.48. The number of hydrogen-bond acceptors (Lipinski definition) is 10. The van der Waals surface area contributed by atoms with E-state index in [1.165, 1.54) is 7.05 Å². The summed E-state index contributed by atoms with van der Waals surface area (Å²) in [5, 5.41) is 5.57. The van der Waals surface area contributed by atoms with Crippen LogP contribution in [0.25, 0.3) is 0 Å². The number of nitrogens with two attached hydrogens (primary N) is 1. The summed E-state index contributed by atoms with van der Waals surface area (Å²) < 4.78 is 21.5. The van der Waals surface area contributed by atoms with Crippen molar-refractivity contribution in [1.29, 1.82) is 0 Å². The number of rotatable bonds is 20. The molecule has 0 bridgehead atoms. The van der Waals surface area contributed by atoms with E-state index in [-0.39, 0.29) is 29.9 Å². The van der Waals surface area contributed by atoms with Crippen LogP contribution < -0.4 is 16.4 Å². The Morgan fingerprint density at radius 1 is 0.925 bits per heavy atom. The van der Waals surface area contributed by atoms with E-state index in [1.54, 1.807) is 18.2 Å². The van der Waals surface area contributed by atoms with Crippen molar-refractivity contribution in [2.75, 3.05) is 78.3 Å². The van der Waals surface area contributed by atoms with Crippen LogP contribution >= 0.6 is 0 Å². The van der Waals surface area contributed by atoms with E-state index < -0.39 is 17.9 Å². The fourth-order valence-electron chi connectivity index (χ4n) is 3.52. The standard InChI is InChI=1S/C24H36N4O8.C4H10/c1-26-21(30)6-5-18(17-29)28-23(31)19-3-2-4-20(22(19)24(28)32)27-8-10-34-12-14-36-16-15-35-13-11-33-9-7-25;1-4(2)3/h2-4,17-18,27H,5-16,25H2,1H3,(H,26,30);4H,1-3H3. The zero-order valence-electron chi connectivity index (χ0n) is 24.2. The van der Waals surface area contributed by atoms with Crippen molar-refractivity contribution in [2.45, 2.75) is 39.7 Å². The highest BCUT2D eigenvalue weighted by molar-refractivity contribution is 6.24. The number of carbonyl (C=O) groups is 4. The van der Waals surface area contributed by atoms with Gasteiger partial charge in [0.25, 0.3) is 11.8 Å². The number of nitrogens with one attached hydrogen (secondary N) is 2. The molecule has 1 atom stereocenters. The molecule has 12 nitrogen and oxygen atoms in total. The number of imide groups is 1. The average Bonchev–Trinajstić information content (AvgIpc) is 3.19. The largest absolute Gasteiger partial charge is 0.382 e. The number of nitrogens with zero attached hydrogens (tertiary/aromatic N) is 1. The summed E-state index contributed by atoms with van der Waals surface area (Å²) in [6.45, 7) is 11.0. The minimum Gasteiger partial charge on any atom is -0.382 e. The number of aldehydes is 1. The van der Waals surface area contributed by atoms with E-state index in [2.05, 4.69) is 31.4 Å². The van der Waals surface area contributed by atoms with Gasteiger partial charge in [-0.15, -0.1) is 0 Å². The molecule has 1 aliphatic rings. The molecule has 0 radical (unpaired) electrons. The van der Waals surface area contributed by atoms with E-state index in [4.69, 9.17) is 24.7 Å². The summed E-state index contributed by atoms with van der Waals surface area (Å²) in [6, 6.07) is 3.89. The van der Waals surface area contributed by atoms with Crippen LogP contribution in [-0.2, 0) is 28.5 Å². The minimum absolute atomic E-state index is 0.0245. The molecule has 3 amide bonds. The van der Waals surface area contributed by atoms with Gasteiger partial charge in [0, 0.05) is 32.2 Å². The maximum Gasteiger partial charge on any atom is 0.264 e. The molecule has 0 saturated heterocycles. The van der Waals surface area contributed by atoms with Gasteiger partial charge in [0.05, 0.1) is 70.0 Å². The predicted octanol–water partition coefficient (Wildman–Crippen LogP) is 1.48. The molecule has 1 heterocycles. The van der Waals surface area contributed by atoms with Crippen LogP contribution in [0.4, 0.5) is 5.69 Å². The molecular formula is C28H46N4O8. The van der Waals surface area contributed by atoms with Gasteiger partial charge in [-0.25, -0.2) is 0 Å². The number of amides is 3. The Morgan fingerprint density at radius 2 is 1.48 bits per heavy atom. The highest BCUT2D eigenvalue weighted by Crippen LogP contribution is 2.31. The van der Waals surface area contributed by atoms with Crippen LogP contribution in [0.1, 0.15) is 54.3 Å². The molecule has 12 heteroatoms. The molecule has 1 aromatic rings. The summed E-state index contributed by atoms with van der Waals surface area (Å²) >= 11 is 0. The van der Waals surface area contributed by atoms with Crippen molar-refractivity contribution < 1.29 is 38.1 Å². The van der Waals surface area contributed by atoms with E-state index in [1.807, 2.05) is 0 Å². The Labute approximate surface area is 237 Å². The van der Waals surface area contributed by atoms with Crippen LogP contribution in [0.3, 0.4) is 0 Å². The topological polar surface area (TPSA) is 159 Å². The Kier molecular flexibility index (Phi) is 18.4. The van der Waals surface area contributed by atoms with Crippen molar-refractivity contribution in [3.63, 3.8) is 0 Å². The van der Waals surface area contributed by atoms with Gasteiger partial charge in [0.15, 0.2) is 0 Å². The molecule has 4 N–H and O–H groups in total. The van der Waals surface area contributed by atoms with Gasteiger partial charge in [0.2, 0.25) is 5.91 Å². The van der Waals surface area contributed by atoms with Crippen LogP contribution in [0, 0.1) is 5.92 Å². The molecule has 0 saturated carbocycles. The molecule has 0 spiro atoms. The number of ether oxygens (including phenoxy) is 4. The Bertz CT molecular complexity index is 910. The normalized spacial score (nSPS) is 13.1. The molecule has 226 valence electrons. The maximum absolute atomic E-state index is 13.0. The summed E-state index contributed by atoms with van der Waals surface area (Å²) in [6.07, 6.45) is 0.608. The van der Waals surface area contributed by atoms with Crippen LogP contribution in [0.2, 0.25) is 0 Å². The fraction of sp³-hybridized carbons (Fsp3) is 0.643. The quantitative estimate of drug-likeness (QED) is 0.120. The second-order valence-corrected chi connectivity index (χ2v) is 9.52. The van der Waals surface area contributed by atoms with E-state index in [0.29, 0.717) is 77.9 Å². The van der Waals surface area contributed by atoms with Gasteiger partial charge in [-0.2, -0.15) is 0 Å². The number of anilines is 1. The Balaban J connectivity index is 0.00000187. The first-order valence-electron chi connectivity index (χ1n) is 13.7. The third-order valence-electron chi connectivity index (χ3n) is 5.32. The highest BCUT2D eigenvalue weighted by Gasteiger charge is 2.41. The van der Waals surface area contributed by atoms with Crippen molar-refractivity contribution in [3.05, 3.63) is 29.3 Å². The number of carbonyl (C=O) groups excluding carboxylic acids is 4. The lowest BCUT2D eigenvalue weighted by molar-refractivity contribution is -0.121. The molecule has 1 unspecified atom stereocenters. The molecule has 1 aromatic carbocycles. The van der Waals surface area contributed by atoms with E-state index in [9.17, 15) is 19.2 Å². The smallest absolute Gasteiger partial charge is 0.264 e. The zero-order valence-corrected chi connectivity index (χ0v) is 24.2. The Hall–Kier alpha value is -2.90. The second-order valence-electron chi connectivity index (χ2n) is 9.52. The molecule has 1 aliphatic heterocycles. The number of hydrogen-bond donors (Lipinski definition) is 3. The molecule has 0 aliphatic carbocycles. The van der Waals surface area contributed by atoms with Crippen molar-refractivity contribution in [3.8, 4) is 0 Å². The fourth-order valence-corrected chi connectivity index (χ4v) is 3.52. The monoisotopic (exact) mass is 566 g/mol. The lowest BCUT2D eigenvalue weighted by Gasteiger charge is -2.21. The summed E-state index contributed by atoms with van der Waals surface area (Å²) in [5.74, 6) is -0.550. The maximum atomic E-state index is 13.0. The van der Waals surface area contributed by atoms with E-state index in [0.717, 1.165) is 10.8 Å². The lowest BCUT2D eigenvalue weighted by Crippen LogP contribution is -2.41. The minimum atomic E-state index is -1.01. The zero-order chi connectivity index (χ0) is 29.8. The van der Waals surface area contributed by atoms with Gasteiger partial charge in [-0.1, -0.05) is 26.8 Å². The van der Waals surface area contributed by atoms with Gasteiger partial charge in [-0.3, -0.25) is 19.3 Å². The summed E-state index contributed by atoms with van der Waals surface area (Å²) in [5.41, 5.74) is 6.24. The first kappa shape index (κ1) is 35.1. The molecule has 0 fully saturated rings. The third-order valence-corrected chi connectivity index (χ3v) is 5.32. The van der Waals surface area contributed by atoms with Crippen molar-refractivity contribution in [1.82, 2.24) is 10.2 Å². The number of benzene rings is 1. The lowest BCUT2D eigenvalue weighted by atomic mass is 10.1. The van der Waals surface area contributed by atoms with Crippen LogP contribution in [-0.4, -0.2) is 108 Å². The van der Waals surface area contributed by atoms with Gasteiger partial charge >= 0.3 is 0 Å². The predicted molar refractivity (Wildman–Crippen MR) is 151 cm³/mol. The van der Waals surface area contributed by atoms with Crippen LogP contribution in [0.15, 0.2) is 18.2 Å². The average molecular weight is 567 g/mol. The molecule has 40 heavy (non-hydrogen) atoms. The third kappa shape index (κ3) is 13.0. The molecule has 2 rings (SSSR count). The molecule has 0 aromatic heterocycles. The second kappa shape index (κ2) is 20.9. The number of fused-ring (bicyclic) bond motifs is 1. The Morgan fingerprint density at radius 3 is 2.00 bits per heavy atom. The van der Waals surface area contributed by atoms with Gasteiger partial charge in [0.1, 0.15) is 6.29 Å².